The van der Waals surface area contributed by atoms with Gasteiger partial charge in [-0.2, -0.15) is 0 Å². The van der Waals surface area contributed by atoms with Crippen LogP contribution in [0.25, 0.3) is 0 Å². The molecule has 0 rings (SSSR count). The highest BCUT2D eigenvalue weighted by molar-refractivity contribution is 8.02. The summed E-state index contributed by atoms with van der Waals surface area (Å²) in [5, 5.41) is 9.21. The lowest BCUT2D eigenvalue weighted by molar-refractivity contribution is -0.291. The van der Waals surface area contributed by atoms with Gasteiger partial charge in [-0.1, -0.05) is 0 Å². The third-order valence-corrected chi connectivity index (χ3v) is 1.10. The van der Waals surface area contributed by atoms with Gasteiger partial charge >= 0.3 is 8.42 Å². The SMILES string of the molecule is O=PP[N+](=O)[O-]. The molecule has 0 aromatic rings. The molecule has 0 radical (unpaired) electrons. The van der Waals surface area contributed by atoms with Crippen LogP contribution in [-0.2, 0) is 4.57 Å². The molecule has 0 bridgehead atoms. The zero-order valence-corrected chi connectivity index (χ0v) is 4.51. The van der Waals surface area contributed by atoms with Crippen molar-refractivity contribution in [2.75, 3.05) is 0 Å². The first-order valence-electron chi connectivity index (χ1n) is 0.995. The molecule has 0 aliphatic rings. The van der Waals surface area contributed by atoms with Crippen molar-refractivity contribution in [1.82, 2.24) is 0 Å². The molecular formula is HNO3P2. The highest BCUT2D eigenvalue weighted by Crippen LogP contribution is 2.24. The maximum absolute atomic E-state index is 9.28. The molecule has 0 saturated heterocycles. The predicted molar refractivity (Wildman–Crippen MR) is 22.9 cm³/mol. The molecule has 0 saturated carbocycles. The standard InChI is InChI=1S/HNO3P2/c2-1(3)5-6-4/h5H. The van der Waals surface area contributed by atoms with Crippen LogP contribution in [0.3, 0.4) is 0 Å². The van der Waals surface area contributed by atoms with E-state index in [0.717, 1.165) is 0 Å². The van der Waals surface area contributed by atoms with Gasteiger partial charge < -0.3 is 0 Å². The molecule has 0 aliphatic carbocycles. The van der Waals surface area contributed by atoms with Crippen molar-refractivity contribution in [2.24, 2.45) is 0 Å². The molecule has 0 spiro atoms. The van der Waals surface area contributed by atoms with Crippen molar-refractivity contribution in [3.8, 4) is 0 Å². The van der Waals surface area contributed by atoms with E-state index in [1.54, 1.807) is 0 Å². The maximum atomic E-state index is 9.28. The van der Waals surface area contributed by atoms with Gasteiger partial charge in [0, 0.05) is 4.69 Å². The fourth-order valence-electron chi connectivity index (χ4n) is 0.0333. The molecule has 1 unspecified atom stereocenters. The van der Waals surface area contributed by atoms with E-state index < -0.39 is 21.3 Å². The molecule has 0 aromatic carbocycles. The van der Waals surface area contributed by atoms with Crippen LogP contribution in [0.1, 0.15) is 0 Å². The highest BCUT2D eigenvalue weighted by Gasteiger charge is 1.90. The third-order valence-electron chi connectivity index (χ3n) is 0.122. The van der Waals surface area contributed by atoms with E-state index in [1.165, 1.54) is 0 Å². The Balaban J connectivity index is 3.05. The van der Waals surface area contributed by atoms with Crippen molar-refractivity contribution in [3.63, 3.8) is 0 Å². The molecule has 6 heteroatoms. The van der Waals surface area contributed by atoms with E-state index >= 15 is 0 Å². The molecule has 0 aliphatic heterocycles. The van der Waals surface area contributed by atoms with Gasteiger partial charge in [-0.3, -0.25) is 14.7 Å². The summed E-state index contributed by atoms with van der Waals surface area (Å²) in [6.07, 6.45) is 0. The highest BCUT2D eigenvalue weighted by atomic mass is 32.0. The van der Waals surface area contributed by atoms with E-state index in [4.69, 9.17) is 0 Å². The van der Waals surface area contributed by atoms with Gasteiger partial charge in [0.2, 0.25) is 0 Å². The normalized spacial score (nSPS) is 10.7. The zero-order chi connectivity index (χ0) is 4.99. The molecule has 1 atom stereocenters. The summed E-state index contributed by atoms with van der Waals surface area (Å²) in [5.41, 5.74) is 0. The van der Waals surface area contributed by atoms with Crippen LogP contribution in [0.15, 0.2) is 0 Å². The first-order chi connectivity index (χ1) is 2.77. The number of nitro groups is 1. The van der Waals surface area contributed by atoms with Gasteiger partial charge in [0.05, 0.1) is 0 Å². The molecule has 6 heavy (non-hydrogen) atoms. The summed E-state index contributed by atoms with van der Waals surface area (Å²) >= 11 is 0. The van der Waals surface area contributed by atoms with Crippen LogP contribution in [0.4, 0.5) is 0 Å². The maximum Gasteiger partial charge on any atom is 0.330 e. The lowest BCUT2D eigenvalue weighted by atomic mass is 13.4. The van der Waals surface area contributed by atoms with Crippen molar-refractivity contribution in [3.05, 3.63) is 10.1 Å². The molecule has 0 heterocycles. The smallest absolute Gasteiger partial charge is 0.263 e. The first kappa shape index (κ1) is 5.93. The van der Waals surface area contributed by atoms with Crippen LogP contribution in [-0.4, -0.2) is 4.69 Å². The average Bonchev–Trinajstić information content (AvgIpc) is 1.35. The Morgan fingerprint density at radius 1 is 1.83 bits per heavy atom. The summed E-state index contributed by atoms with van der Waals surface area (Å²) < 4.78 is 8.67. The minimum atomic E-state index is -0.690. The summed E-state index contributed by atoms with van der Waals surface area (Å²) in [6.45, 7) is 0. The summed E-state index contributed by atoms with van der Waals surface area (Å²) in [5.74, 6) is 0. The second-order valence-electron chi connectivity index (χ2n) is 0.448. The molecule has 0 fully saturated rings. The van der Waals surface area contributed by atoms with Gasteiger partial charge in [0.15, 0.2) is 0 Å². The Hall–Kier alpha value is -0.0700. The van der Waals surface area contributed by atoms with Crippen LogP contribution in [0, 0.1) is 10.1 Å². The number of hydrogen-bond donors (Lipinski definition) is 0. The molecule has 34 valence electrons. The summed E-state index contributed by atoms with van der Waals surface area (Å²) in [7, 11) is -1.09. The third kappa shape index (κ3) is 3.93. The van der Waals surface area contributed by atoms with Crippen LogP contribution in [0.2, 0.25) is 0 Å². The van der Waals surface area contributed by atoms with Gasteiger partial charge in [-0.05, 0) is 0 Å². The van der Waals surface area contributed by atoms with Gasteiger partial charge in [0.25, 0.3) is 8.15 Å². The van der Waals surface area contributed by atoms with Crippen molar-refractivity contribution >= 4 is 16.6 Å². The van der Waals surface area contributed by atoms with Crippen molar-refractivity contribution in [2.45, 2.75) is 0 Å². The summed E-state index contributed by atoms with van der Waals surface area (Å²) in [4.78, 5) is 9.21. The fraction of sp³-hybridized carbons (Fsp3) is 0. The van der Waals surface area contributed by atoms with E-state index in [-0.39, 0.29) is 0 Å². The molecular weight excluding hydrogens is 124 g/mol. The van der Waals surface area contributed by atoms with Gasteiger partial charge in [-0.15, -0.1) is 0 Å². The Kier molecular flexibility index (Phi) is 3.10. The largest absolute Gasteiger partial charge is 0.330 e. The van der Waals surface area contributed by atoms with Crippen LogP contribution in [0.5, 0.6) is 0 Å². The number of rotatable bonds is 2. The molecule has 4 nitrogen and oxygen atoms in total. The second-order valence-corrected chi connectivity index (χ2v) is 2.34. The Labute approximate surface area is 37.0 Å². The monoisotopic (exact) mass is 125 g/mol. The predicted octanol–water partition coefficient (Wildman–Crippen LogP) is 1.06. The first-order valence-corrected chi connectivity index (χ1v) is 3.60. The lowest BCUT2D eigenvalue weighted by Gasteiger charge is -1.70. The number of nitrogens with zero attached hydrogens (tertiary/aromatic N) is 1. The molecule has 0 amide bonds. The van der Waals surface area contributed by atoms with E-state index in [9.17, 15) is 14.7 Å². The number of hydrogen-bond acceptors (Lipinski definition) is 3. The minimum absolute atomic E-state index is 0.397. The van der Waals surface area contributed by atoms with Crippen LogP contribution >= 0.6 is 16.6 Å². The van der Waals surface area contributed by atoms with E-state index in [0.29, 0.717) is 0 Å². The fourth-order valence-corrected chi connectivity index (χ4v) is 0.300. The Morgan fingerprint density at radius 2 is 2.33 bits per heavy atom. The minimum Gasteiger partial charge on any atom is -0.263 e. The van der Waals surface area contributed by atoms with Crippen LogP contribution < -0.4 is 0 Å². The van der Waals surface area contributed by atoms with Crippen molar-refractivity contribution in [1.29, 1.82) is 0 Å². The average molecular weight is 125 g/mol. The molecule has 0 aromatic heterocycles. The topological polar surface area (TPSA) is 60.2 Å². The Morgan fingerprint density at radius 3 is 2.33 bits per heavy atom. The second kappa shape index (κ2) is 3.13. The van der Waals surface area contributed by atoms with E-state index in [2.05, 4.69) is 0 Å². The lowest BCUT2D eigenvalue weighted by Crippen LogP contribution is -1.69. The quantitative estimate of drug-likeness (QED) is 0.315. The molecule has 0 N–H and O–H groups in total. The zero-order valence-electron chi connectivity index (χ0n) is 2.62. The van der Waals surface area contributed by atoms with Gasteiger partial charge in [-0.25, -0.2) is 0 Å². The van der Waals surface area contributed by atoms with Gasteiger partial charge in [0.1, 0.15) is 0 Å². The Bertz CT molecular complexity index is 69.2. The van der Waals surface area contributed by atoms with Crippen molar-refractivity contribution < 1.29 is 9.26 Å². The summed E-state index contributed by atoms with van der Waals surface area (Å²) in [6, 6.07) is 0. The van der Waals surface area contributed by atoms with E-state index in [1.807, 2.05) is 0 Å².